The fourth-order valence-corrected chi connectivity index (χ4v) is 1.34. The maximum absolute atomic E-state index is 11.0. The Bertz CT molecular complexity index is 376. The summed E-state index contributed by atoms with van der Waals surface area (Å²) in [5.74, 6) is -0.961. The minimum absolute atomic E-state index is 0.0943. The number of nitrogens with one attached hydrogen (secondary N) is 1. The number of aliphatic hydroxyl groups is 1. The van der Waals surface area contributed by atoms with E-state index in [4.69, 9.17) is 10.2 Å². The third-order valence-electron chi connectivity index (χ3n) is 2.28. The Morgan fingerprint density at radius 1 is 1.41 bits per heavy atom. The van der Waals surface area contributed by atoms with Crippen LogP contribution >= 0.6 is 0 Å². The summed E-state index contributed by atoms with van der Waals surface area (Å²) in [6.45, 7) is 1.63. The van der Waals surface area contributed by atoms with Gasteiger partial charge in [0.2, 0.25) is 0 Å². The molecule has 2 atom stereocenters. The average molecular weight is 235 g/mol. The molecule has 0 aliphatic carbocycles. The molecule has 1 rings (SSSR count). The highest BCUT2D eigenvalue weighted by molar-refractivity contribution is 5.77. The minimum Gasteiger partial charge on any atom is -0.480 e. The van der Waals surface area contributed by atoms with Gasteiger partial charge in [0, 0.05) is 6.04 Å². The lowest BCUT2D eigenvalue weighted by atomic mass is 10.1. The van der Waals surface area contributed by atoms with Crippen LogP contribution in [0.25, 0.3) is 6.08 Å². The molecule has 4 nitrogen and oxygen atoms in total. The summed E-state index contributed by atoms with van der Waals surface area (Å²) in [6.07, 6.45) is 3.32. The lowest BCUT2D eigenvalue weighted by Crippen LogP contribution is -2.42. The summed E-state index contributed by atoms with van der Waals surface area (Å²) in [4.78, 5) is 11.0. The Kier molecular flexibility index (Phi) is 5.39. The highest BCUT2D eigenvalue weighted by Gasteiger charge is 2.15. The zero-order valence-electron chi connectivity index (χ0n) is 9.71. The highest BCUT2D eigenvalue weighted by Crippen LogP contribution is 2.02. The van der Waals surface area contributed by atoms with Gasteiger partial charge in [-0.3, -0.25) is 10.1 Å². The molecule has 1 aromatic carbocycles. The number of rotatable bonds is 6. The molecule has 0 saturated carbocycles. The molecule has 4 heteroatoms. The van der Waals surface area contributed by atoms with Crippen LogP contribution in [0.1, 0.15) is 12.5 Å². The molecule has 0 fully saturated rings. The predicted molar refractivity (Wildman–Crippen MR) is 66.6 cm³/mol. The molecule has 0 radical (unpaired) electrons. The molecule has 17 heavy (non-hydrogen) atoms. The first-order chi connectivity index (χ1) is 8.13. The van der Waals surface area contributed by atoms with E-state index in [1.165, 1.54) is 0 Å². The van der Waals surface area contributed by atoms with Gasteiger partial charge in [-0.05, 0) is 12.5 Å². The molecule has 0 spiro atoms. The molecule has 0 aliphatic heterocycles. The van der Waals surface area contributed by atoms with Crippen molar-refractivity contribution in [1.29, 1.82) is 0 Å². The number of carboxylic acids is 1. The molecule has 0 unspecified atom stereocenters. The maximum Gasteiger partial charge on any atom is 0.324 e. The quantitative estimate of drug-likeness (QED) is 0.691. The van der Waals surface area contributed by atoms with Crippen molar-refractivity contribution in [2.45, 2.75) is 19.0 Å². The van der Waals surface area contributed by atoms with Crippen molar-refractivity contribution >= 4 is 12.0 Å². The number of benzene rings is 1. The van der Waals surface area contributed by atoms with Crippen LogP contribution < -0.4 is 5.32 Å². The first-order valence-electron chi connectivity index (χ1n) is 5.46. The van der Waals surface area contributed by atoms with E-state index in [2.05, 4.69) is 5.32 Å². The van der Waals surface area contributed by atoms with E-state index in [1.54, 1.807) is 19.1 Å². The number of carboxylic acid groups (broad SMARTS) is 1. The lowest BCUT2D eigenvalue weighted by molar-refractivity contribution is -0.138. The van der Waals surface area contributed by atoms with Gasteiger partial charge in [-0.25, -0.2) is 0 Å². The molecule has 3 N–H and O–H groups in total. The summed E-state index contributed by atoms with van der Waals surface area (Å²) >= 11 is 0. The molecule has 0 amide bonds. The Hall–Kier alpha value is -1.65. The normalized spacial score (nSPS) is 14.7. The summed E-state index contributed by atoms with van der Waals surface area (Å²) in [5.41, 5.74) is 0.942. The SMILES string of the molecule is C[C@@H](CO)N[C@H](/C=C/c1ccccc1)C(=O)O. The van der Waals surface area contributed by atoms with Gasteiger partial charge in [0.1, 0.15) is 6.04 Å². The van der Waals surface area contributed by atoms with Crippen molar-refractivity contribution in [2.24, 2.45) is 0 Å². The van der Waals surface area contributed by atoms with E-state index in [-0.39, 0.29) is 12.6 Å². The van der Waals surface area contributed by atoms with Gasteiger partial charge in [-0.15, -0.1) is 0 Å². The van der Waals surface area contributed by atoms with Crippen molar-refractivity contribution in [3.63, 3.8) is 0 Å². The van der Waals surface area contributed by atoms with E-state index in [0.717, 1.165) is 5.56 Å². The molecule has 92 valence electrons. The molecule has 0 heterocycles. The third-order valence-corrected chi connectivity index (χ3v) is 2.28. The van der Waals surface area contributed by atoms with Crippen molar-refractivity contribution in [2.75, 3.05) is 6.61 Å². The van der Waals surface area contributed by atoms with Gasteiger partial charge in [-0.2, -0.15) is 0 Å². The fourth-order valence-electron chi connectivity index (χ4n) is 1.34. The first-order valence-corrected chi connectivity index (χ1v) is 5.46. The Labute approximate surface area is 101 Å². The molecular formula is C13H17NO3. The van der Waals surface area contributed by atoms with Crippen LogP contribution in [-0.4, -0.2) is 34.9 Å². The van der Waals surface area contributed by atoms with Crippen molar-refractivity contribution in [3.05, 3.63) is 42.0 Å². The van der Waals surface area contributed by atoms with E-state index >= 15 is 0 Å². The minimum atomic E-state index is -0.961. The predicted octanol–water partition coefficient (Wildman–Crippen LogP) is 1.12. The highest BCUT2D eigenvalue weighted by atomic mass is 16.4. The number of aliphatic carboxylic acids is 1. The summed E-state index contributed by atoms with van der Waals surface area (Å²) in [7, 11) is 0. The average Bonchev–Trinajstić information content (AvgIpc) is 2.35. The number of aliphatic hydroxyl groups excluding tert-OH is 1. The summed E-state index contributed by atoms with van der Waals surface area (Å²) in [5, 5.41) is 20.7. The number of hydrogen-bond donors (Lipinski definition) is 3. The van der Waals surface area contributed by atoms with Gasteiger partial charge in [0.15, 0.2) is 0 Å². The Balaban J connectivity index is 2.67. The molecule has 0 saturated heterocycles. The fraction of sp³-hybridized carbons (Fsp3) is 0.308. The zero-order chi connectivity index (χ0) is 12.7. The summed E-state index contributed by atoms with van der Waals surface area (Å²) < 4.78 is 0. The standard InChI is InChI=1S/C13H17NO3/c1-10(9-15)14-12(13(16)17)8-7-11-5-3-2-4-6-11/h2-8,10,12,14-15H,9H2,1H3,(H,16,17)/b8-7+/t10-,12+/m0/s1. The lowest BCUT2D eigenvalue weighted by Gasteiger charge is -2.15. The van der Waals surface area contributed by atoms with Gasteiger partial charge in [-0.1, -0.05) is 42.5 Å². The van der Waals surface area contributed by atoms with Gasteiger partial charge < -0.3 is 10.2 Å². The van der Waals surface area contributed by atoms with Crippen molar-refractivity contribution < 1.29 is 15.0 Å². The topological polar surface area (TPSA) is 69.6 Å². The monoisotopic (exact) mass is 235 g/mol. The molecule has 0 aromatic heterocycles. The van der Waals surface area contributed by atoms with Crippen molar-refractivity contribution in [1.82, 2.24) is 5.32 Å². The van der Waals surface area contributed by atoms with Crippen LogP contribution in [-0.2, 0) is 4.79 Å². The largest absolute Gasteiger partial charge is 0.480 e. The third kappa shape index (κ3) is 4.80. The van der Waals surface area contributed by atoms with Crippen LogP contribution in [0.2, 0.25) is 0 Å². The van der Waals surface area contributed by atoms with E-state index in [1.807, 2.05) is 30.3 Å². The van der Waals surface area contributed by atoms with Gasteiger partial charge in [0.05, 0.1) is 6.61 Å². The molecule has 0 bridgehead atoms. The molecule has 1 aromatic rings. The summed E-state index contributed by atoms with van der Waals surface area (Å²) in [6, 6.07) is 8.42. The van der Waals surface area contributed by atoms with Crippen molar-refractivity contribution in [3.8, 4) is 0 Å². The number of carbonyl (C=O) groups is 1. The molecular weight excluding hydrogens is 218 g/mol. The van der Waals surface area contributed by atoms with E-state index in [0.29, 0.717) is 0 Å². The van der Waals surface area contributed by atoms with Crippen LogP contribution in [0.5, 0.6) is 0 Å². The van der Waals surface area contributed by atoms with Crippen LogP contribution in [0.4, 0.5) is 0 Å². The number of hydrogen-bond acceptors (Lipinski definition) is 3. The zero-order valence-corrected chi connectivity index (χ0v) is 9.71. The van der Waals surface area contributed by atoms with Crippen LogP contribution in [0.3, 0.4) is 0 Å². The first kappa shape index (κ1) is 13.4. The second-order valence-electron chi connectivity index (χ2n) is 3.84. The van der Waals surface area contributed by atoms with E-state index in [9.17, 15) is 4.79 Å². The maximum atomic E-state index is 11.0. The van der Waals surface area contributed by atoms with Gasteiger partial charge >= 0.3 is 5.97 Å². The smallest absolute Gasteiger partial charge is 0.324 e. The second-order valence-corrected chi connectivity index (χ2v) is 3.84. The van der Waals surface area contributed by atoms with Crippen LogP contribution in [0.15, 0.2) is 36.4 Å². The Morgan fingerprint density at radius 2 is 2.06 bits per heavy atom. The van der Waals surface area contributed by atoms with Gasteiger partial charge in [0.25, 0.3) is 0 Å². The Morgan fingerprint density at radius 3 is 2.59 bits per heavy atom. The second kappa shape index (κ2) is 6.83. The van der Waals surface area contributed by atoms with E-state index < -0.39 is 12.0 Å². The van der Waals surface area contributed by atoms with Crippen LogP contribution in [0, 0.1) is 0 Å². The molecule has 0 aliphatic rings.